The normalized spacial score (nSPS) is 18.5. The van der Waals surface area contributed by atoms with E-state index in [-0.39, 0.29) is 16.9 Å². The van der Waals surface area contributed by atoms with Gasteiger partial charge in [0.05, 0.1) is 0 Å². The second-order valence-electron chi connectivity index (χ2n) is 8.30. The maximum absolute atomic E-state index is 12.7. The van der Waals surface area contributed by atoms with Crippen molar-refractivity contribution in [2.45, 2.75) is 19.3 Å². The minimum absolute atomic E-state index is 0.0972. The molecule has 5 nitrogen and oxygen atoms in total. The van der Waals surface area contributed by atoms with Gasteiger partial charge in [-0.3, -0.25) is 0 Å². The number of fused-ring (bicyclic) bond motifs is 2. The fraction of sp³-hybridized carbons (Fsp3) is 0.160. The first-order chi connectivity index (χ1) is 15.3. The van der Waals surface area contributed by atoms with E-state index < -0.39 is 5.91 Å². The van der Waals surface area contributed by atoms with Gasteiger partial charge in [0.15, 0.2) is 0 Å². The van der Waals surface area contributed by atoms with E-state index in [2.05, 4.69) is 66.2 Å². The van der Waals surface area contributed by atoms with E-state index in [1.807, 2.05) is 18.2 Å². The Labute approximate surface area is 204 Å². The van der Waals surface area contributed by atoms with Crippen molar-refractivity contribution in [1.29, 1.82) is 0 Å². The summed E-state index contributed by atoms with van der Waals surface area (Å²) in [6.45, 7) is 4.44. The molecule has 3 aromatic rings. The van der Waals surface area contributed by atoms with Crippen molar-refractivity contribution >= 4 is 71.8 Å². The first-order valence-corrected chi connectivity index (χ1v) is 12.2. The second-order valence-corrected chi connectivity index (χ2v) is 10.4. The van der Waals surface area contributed by atoms with Gasteiger partial charge in [-0.05, 0) is 0 Å². The Balaban J connectivity index is 1.70. The SMILES string of the molecule is CN1C(=O)/C(=C/c2cc3c(s2)N(c2ccccc2)c2ccccc2C3(C)C)C(=O)N=C1[Te]. The van der Waals surface area contributed by atoms with Gasteiger partial charge in [0.25, 0.3) is 0 Å². The summed E-state index contributed by atoms with van der Waals surface area (Å²) in [7, 11) is 1.64. The molecule has 0 aliphatic carbocycles. The molecular formula is C25H20N3O2STe. The number of amides is 2. The van der Waals surface area contributed by atoms with Crippen molar-refractivity contribution in [1.82, 2.24) is 4.90 Å². The van der Waals surface area contributed by atoms with E-state index in [1.165, 1.54) is 16.0 Å². The molecule has 5 rings (SSSR count). The van der Waals surface area contributed by atoms with E-state index in [1.54, 1.807) is 46.8 Å². The topological polar surface area (TPSA) is 53.0 Å². The van der Waals surface area contributed by atoms with Gasteiger partial charge >= 0.3 is 199 Å². The van der Waals surface area contributed by atoms with Crippen molar-refractivity contribution in [3.05, 3.63) is 82.2 Å². The minimum atomic E-state index is -0.484. The molecule has 7 heteroatoms. The van der Waals surface area contributed by atoms with Crippen LogP contribution in [-0.2, 0) is 15.0 Å². The molecule has 0 saturated carbocycles. The monoisotopic (exact) mass is 556 g/mol. The molecule has 1 radical (unpaired) electrons. The van der Waals surface area contributed by atoms with Gasteiger partial charge in [-0.2, -0.15) is 0 Å². The number of carbonyl (C=O) groups excluding carboxylic acids is 2. The van der Waals surface area contributed by atoms with Crippen molar-refractivity contribution in [3.63, 3.8) is 0 Å². The van der Waals surface area contributed by atoms with E-state index in [9.17, 15) is 9.59 Å². The zero-order chi connectivity index (χ0) is 22.6. The van der Waals surface area contributed by atoms with E-state index >= 15 is 0 Å². The second kappa shape index (κ2) is 7.70. The number of carbonyl (C=O) groups is 2. The number of rotatable bonds is 2. The molecule has 0 bridgehead atoms. The quantitative estimate of drug-likeness (QED) is 0.261. The third kappa shape index (κ3) is 3.24. The molecule has 0 fully saturated rings. The van der Waals surface area contributed by atoms with Crippen LogP contribution in [0.3, 0.4) is 0 Å². The van der Waals surface area contributed by atoms with Crippen LogP contribution in [0.5, 0.6) is 0 Å². The van der Waals surface area contributed by atoms with Gasteiger partial charge in [-0.1, -0.05) is 6.07 Å². The number of thiophene rings is 1. The Morgan fingerprint density at radius 2 is 1.69 bits per heavy atom. The third-order valence-electron chi connectivity index (χ3n) is 5.98. The molecule has 2 aromatic carbocycles. The summed E-state index contributed by atoms with van der Waals surface area (Å²) in [6.07, 6.45) is 1.69. The molecule has 0 spiro atoms. The number of nitrogens with zero attached hydrogens (tertiary/aromatic N) is 3. The third-order valence-corrected chi connectivity index (χ3v) is 8.09. The predicted octanol–water partition coefficient (Wildman–Crippen LogP) is 4.76. The molecule has 1 aromatic heterocycles. The molecule has 0 N–H and O–H groups in total. The summed E-state index contributed by atoms with van der Waals surface area (Å²) in [6, 6.07) is 20.8. The van der Waals surface area contributed by atoms with Crippen LogP contribution in [0, 0.1) is 0 Å². The number of amidine groups is 1. The zero-order valence-electron chi connectivity index (χ0n) is 17.8. The number of likely N-dealkylation sites (N-methyl/N-ethyl adjacent to an activating group) is 1. The molecule has 0 saturated heterocycles. The molecule has 0 unspecified atom stereocenters. The predicted molar refractivity (Wildman–Crippen MR) is 130 cm³/mol. The standard InChI is InChI=1S/C25H20N3O2STe/c1-25(2)18-11-7-8-12-20(18)28(15-9-5-4-6-10-15)23-19(25)14-16(31-23)13-17-21(29)26-24(32)27(3)22(17)30/h4-14H,1-3H3/b17-13+. The fourth-order valence-corrected chi connectivity index (χ4v) is 5.99. The van der Waals surface area contributed by atoms with Gasteiger partial charge in [0.1, 0.15) is 0 Å². The first kappa shape index (κ1) is 21.1. The van der Waals surface area contributed by atoms with E-state index in [4.69, 9.17) is 0 Å². The van der Waals surface area contributed by atoms with Crippen LogP contribution < -0.4 is 4.90 Å². The van der Waals surface area contributed by atoms with E-state index in [0.717, 1.165) is 21.3 Å². The summed E-state index contributed by atoms with van der Waals surface area (Å²) in [4.78, 5) is 33.8. The maximum atomic E-state index is 12.7. The van der Waals surface area contributed by atoms with E-state index in [0.29, 0.717) is 3.88 Å². The number of aliphatic imine (C=N–C) groups is 1. The summed E-state index contributed by atoms with van der Waals surface area (Å²) in [5, 5.41) is 1.09. The number of anilines is 3. The Kier molecular flexibility index (Phi) is 5.09. The molecule has 159 valence electrons. The average molecular weight is 554 g/mol. The van der Waals surface area contributed by atoms with Gasteiger partial charge in [0.2, 0.25) is 0 Å². The molecule has 3 heterocycles. The molecule has 32 heavy (non-hydrogen) atoms. The fourth-order valence-electron chi connectivity index (χ4n) is 4.22. The van der Waals surface area contributed by atoms with Crippen LogP contribution in [0.2, 0.25) is 0 Å². The van der Waals surface area contributed by atoms with Crippen LogP contribution in [0.4, 0.5) is 16.4 Å². The number of para-hydroxylation sites is 2. The van der Waals surface area contributed by atoms with Crippen LogP contribution in [-0.4, -0.2) is 49.9 Å². The van der Waals surface area contributed by atoms with Gasteiger partial charge in [-0.25, -0.2) is 0 Å². The number of benzene rings is 2. The van der Waals surface area contributed by atoms with Crippen molar-refractivity contribution < 1.29 is 9.59 Å². The van der Waals surface area contributed by atoms with Crippen LogP contribution in [0.1, 0.15) is 29.9 Å². The number of hydrogen-bond donors (Lipinski definition) is 0. The summed E-state index contributed by atoms with van der Waals surface area (Å²) >= 11 is 3.16. The molecule has 0 atom stereocenters. The summed E-state index contributed by atoms with van der Waals surface area (Å²) < 4.78 is 0.422. The van der Waals surface area contributed by atoms with Gasteiger partial charge < -0.3 is 0 Å². The Morgan fingerprint density at radius 3 is 2.44 bits per heavy atom. The first-order valence-electron chi connectivity index (χ1n) is 10.2. The summed E-state index contributed by atoms with van der Waals surface area (Å²) in [5.74, 6) is -0.804. The average Bonchev–Trinajstić information content (AvgIpc) is 3.21. The Morgan fingerprint density at radius 1 is 1.00 bits per heavy atom. The van der Waals surface area contributed by atoms with Gasteiger partial charge in [-0.15, -0.1) is 0 Å². The van der Waals surface area contributed by atoms with Crippen LogP contribution >= 0.6 is 11.3 Å². The summed E-state index contributed by atoms with van der Waals surface area (Å²) in [5.41, 5.74) is 4.49. The number of hydrogen-bond acceptors (Lipinski definition) is 4. The molecule has 2 aliphatic rings. The van der Waals surface area contributed by atoms with Crippen LogP contribution in [0.15, 0.2) is 71.2 Å². The molecule has 2 amide bonds. The Bertz CT molecular complexity index is 1320. The van der Waals surface area contributed by atoms with Crippen molar-refractivity contribution in [2.75, 3.05) is 11.9 Å². The van der Waals surface area contributed by atoms with Gasteiger partial charge in [0, 0.05) is 0 Å². The van der Waals surface area contributed by atoms with Crippen molar-refractivity contribution in [3.8, 4) is 0 Å². The van der Waals surface area contributed by atoms with Crippen LogP contribution in [0.25, 0.3) is 6.08 Å². The van der Waals surface area contributed by atoms with Crippen molar-refractivity contribution in [2.24, 2.45) is 4.99 Å². The Hall–Kier alpha value is -2.72. The molecular weight excluding hydrogens is 534 g/mol. The molecule has 2 aliphatic heterocycles. The zero-order valence-corrected chi connectivity index (χ0v) is 21.0.